The van der Waals surface area contributed by atoms with Crippen LogP contribution in [0.25, 0.3) is 0 Å². The largest absolute Gasteiger partial charge is 0.497 e. The Morgan fingerprint density at radius 3 is 2.35 bits per heavy atom. The van der Waals surface area contributed by atoms with Crippen LogP contribution in [0.3, 0.4) is 0 Å². The lowest BCUT2D eigenvalue weighted by Gasteiger charge is -2.36. The predicted molar refractivity (Wildman–Crippen MR) is 218 cm³/mol. The number of amides is 4. The number of nitrogens with zero attached hydrogens (tertiary/aromatic N) is 2. The number of carbonyl (C=O) groups is 5. The SMILES string of the molecule is CCC[C@H](NC(=O)[C@@H]1C[C@]2(CC(C3C=C(Cl)C=CC3C)=NO2)CN1C(=O)[C@@H](NC(=O)CC1CCCCC1)C(C)(C)C)C(=O)C(=O)NCc1cc(OC)cc(OC)c1. The van der Waals surface area contributed by atoms with Gasteiger partial charge in [0.25, 0.3) is 5.91 Å². The molecule has 2 aliphatic carbocycles. The first-order valence-corrected chi connectivity index (χ1v) is 20.7. The van der Waals surface area contributed by atoms with Gasteiger partial charge in [-0.25, -0.2) is 0 Å². The highest BCUT2D eigenvalue weighted by Crippen LogP contribution is 2.42. The second-order valence-electron chi connectivity index (χ2n) is 17.2. The van der Waals surface area contributed by atoms with E-state index >= 15 is 0 Å². The highest BCUT2D eigenvalue weighted by Gasteiger charge is 2.56. The fourth-order valence-electron chi connectivity index (χ4n) is 8.39. The molecule has 0 bridgehead atoms. The summed E-state index contributed by atoms with van der Waals surface area (Å²) in [5.74, 6) is -1.56. The molecule has 0 aromatic heterocycles. The molecule has 4 amide bonds. The van der Waals surface area contributed by atoms with Crippen molar-refractivity contribution in [2.75, 3.05) is 20.8 Å². The lowest BCUT2D eigenvalue weighted by atomic mass is 9.81. The topological polar surface area (TPSA) is 165 Å². The molecular weight excluding hydrogens is 750 g/mol. The molecule has 13 nitrogen and oxygen atoms in total. The zero-order valence-electron chi connectivity index (χ0n) is 34.5. The normalized spacial score (nSPS) is 24.5. The van der Waals surface area contributed by atoms with Gasteiger partial charge < -0.3 is 35.2 Å². The number of nitrogens with one attached hydrogen (secondary N) is 3. The molecule has 1 aromatic rings. The van der Waals surface area contributed by atoms with E-state index < -0.39 is 52.6 Å². The number of rotatable bonds is 15. The molecule has 1 aromatic carbocycles. The summed E-state index contributed by atoms with van der Waals surface area (Å²) in [4.78, 5) is 77.3. The van der Waals surface area contributed by atoms with E-state index in [9.17, 15) is 24.0 Å². The standard InChI is InChI=1S/C43H60ClN5O8/c1-8-12-33(37(51)40(53)45-24-28-17-30(55-6)21-31(18-28)56-7)46-39(52)35-23-43(22-34(48-57-43)32-20-29(44)16-15-26(32)2)25-49(35)41(54)38(42(3,4)5)47-36(50)19-27-13-10-9-11-14-27/h15-18,20-21,26-27,32-33,35,38H,8-14,19,22-25H2,1-7H3,(H,45,53)(H,46,52)(H,47,50)/t26?,32?,33-,35-,38+,43+/m0/s1. The molecular formula is C43H60ClN5O8. The van der Waals surface area contributed by atoms with Crippen molar-refractivity contribution in [3.63, 3.8) is 0 Å². The number of hydrogen-bond acceptors (Lipinski definition) is 9. The lowest BCUT2D eigenvalue weighted by Crippen LogP contribution is -2.59. The number of halogens is 1. The molecule has 2 unspecified atom stereocenters. The van der Waals surface area contributed by atoms with Gasteiger partial charge in [-0.2, -0.15) is 0 Å². The van der Waals surface area contributed by atoms with Crippen LogP contribution in [-0.2, 0) is 35.4 Å². The number of Topliss-reactive ketones (excluding diaryl/α,β-unsaturated/α-hetero) is 1. The Kier molecular flexibility index (Phi) is 14.5. The molecule has 2 heterocycles. The Balaban J connectivity index is 1.36. The molecule has 6 atom stereocenters. The van der Waals surface area contributed by atoms with Crippen LogP contribution in [-0.4, -0.2) is 84.5 Å². The van der Waals surface area contributed by atoms with E-state index in [0.717, 1.165) is 31.4 Å². The van der Waals surface area contributed by atoms with Crippen LogP contribution in [0, 0.1) is 23.2 Å². The van der Waals surface area contributed by atoms with Crippen LogP contribution < -0.4 is 25.4 Å². The minimum absolute atomic E-state index is 0.0223. The average Bonchev–Trinajstić information content (AvgIpc) is 3.78. The maximum absolute atomic E-state index is 14.8. The maximum atomic E-state index is 14.8. The first-order valence-electron chi connectivity index (χ1n) is 20.3. The van der Waals surface area contributed by atoms with Gasteiger partial charge in [0.15, 0.2) is 5.60 Å². The summed E-state index contributed by atoms with van der Waals surface area (Å²) in [5.41, 5.74) is -0.313. The Hall–Kier alpha value is -4.39. The van der Waals surface area contributed by atoms with E-state index in [2.05, 4.69) is 28.0 Å². The third-order valence-electron chi connectivity index (χ3n) is 11.6. The molecule has 2 fully saturated rings. The van der Waals surface area contributed by atoms with Crippen molar-refractivity contribution in [1.82, 2.24) is 20.9 Å². The van der Waals surface area contributed by atoms with Gasteiger partial charge in [-0.15, -0.1) is 0 Å². The summed E-state index contributed by atoms with van der Waals surface area (Å²) < 4.78 is 10.6. The van der Waals surface area contributed by atoms with Gasteiger partial charge in [-0.1, -0.05) is 89.2 Å². The minimum Gasteiger partial charge on any atom is -0.497 e. The second kappa shape index (κ2) is 18.9. The van der Waals surface area contributed by atoms with Gasteiger partial charge in [-0.05, 0) is 60.3 Å². The van der Waals surface area contributed by atoms with Crippen molar-refractivity contribution >= 4 is 46.7 Å². The molecule has 312 valence electrons. The molecule has 0 radical (unpaired) electrons. The zero-order valence-corrected chi connectivity index (χ0v) is 35.2. The lowest BCUT2D eigenvalue weighted by molar-refractivity contribution is -0.145. The predicted octanol–water partition coefficient (Wildman–Crippen LogP) is 5.74. The Morgan fingerprint density at radius 2 is 1.72 bits per heavy atom. The van der Waals surface area contributed by atoms with Crippen LogP contribution in [0.4, 0.5) is 0 Å². The van der Waals surface area contributed by atoms with Crippen LogP contribution in [0.15, 0.2) is 46.6 Å². The third kappa shape index (κ3) is 11.0. The van der Waals surface area contributed by atoms with Crippen molar-refractivity contribution in [2.45, 2.75) is 129 Å². The van der Waals surface area contributed by atoms with Crippen molar-refractivity contribution in [1.29, 1.82) is 0 Å². The Bertz CT molecular complexity index is 1740. The first-order chi connectivity index (χ1) is 27.1. The van der Waals surface area contributed by atoms with E-state index in [1.165, 1.54) is 25.5 Å². The van der Waals surface area contributed by atoms with Crippen LogP contribution >= 0.6 is 11.6 Å². The van der Waals surface area contributed by atoms with E-state index in [1.807, 2.05) is 45.9 Å². The molecule has 1 saturated heterocycles. The van der Waals surface area contributed by atoms with Crippen molar-refractivity contribution < 1.29 is 38.3 Å². The number of benzene rings is 1. The number of hydrogen-bond donors (Lipinski definition) is 3. The number of likely N-dealkylation sites (tertiary alicyclic amines) is 1. The van der Waals surface area contributed by atoms with Gasteiger partial charge in [-0.3, -0.25) is 24.0 Å². The highest BCUT2D eigenvalue weighted by atomic mass is 35.5. The molecule has 57 heavy (non-hydrogen) atoms. The summed E-state index contributed by atoms with van der Waals surface area (Å²) in [7, 11) is 3.04. The third-order valence-corrected chi connectivity index (χ3v) is 11.9. The van der Waals surface area contributed by atoms with E-state index in [1.54, 1.807) is 18.2 Å². The van der Waals surface area contributed by atoms with Crippen LogP contribution in [0.1, 0.15) is 104 Å². The number of carbonyl (C=O) groups excluding carboxylic acids is 5. The fourth-order valence-corrected chi connectivity index (χ4v) is 8.60. The molecule has 3 N–H and O–H groups in total. The summed E-state index contributed by atoms with van der Waals surface area (Å²) in [5, 5.41) is 13.6. The fraction of sp³-hybridized carbons (Fsp3) is 0.628. The Morgan fingerprint density at radius 1 is 1.04 bits per heavy atom. The van der Waals surface area contributed by atoms with Crippen molar-refractivity contribution in [2.24, 2.45) is 28.3 Å². The molecule has 1 spiro atoms. The smallest absolute Gasteiger partial charge is 0.289 e. The summed E-state index contributed by atoms with van der Waals surface area (Å²) in [6, 6.07) is 1.97. The Labute approximate surface area is 341 Å². The second-order valence-corrected chi connectivity index (χ2v) is 17.6. The van der Waals surface area contributed by atoms with E-state index in [0.29, 0.717) is 41.4 Å². The monoisotopic (exact) mass is 809 g/mol. The molecule has 14 heteroatoms. The summed E-state index contributed by atoms with van der Waals surface area (Å²) >= 11 is 6.39. The van der Waals surface area contributed by atoms with Crippen molar-refractivity contribution in [3.8, 4) is 11.5 Å². The van der Waals surface area contributed by atoms with Crippen molar-refractivity contribution in [3.05, 3.63) is 47.0 Å². The number of oxime groups is 1. The maximum Gasteiger partial charge on any atom is 0.289 e. The highest BCUT2D eigenvalue weighted by molar-refractivity contribution is 6.38. The molecule has 5 rings (SSSR count). The van der Waals surface area contributed by atoms with Gasteiger partial charge in [0.1, 0.15) is 23.6 Å². The molecule has 2 aliphatic heterocycles. The van der Waals surface area contributed by atoms with Crippen LogP contribution in [0.5, 0.6) is 11.5 Å². The van der Waals surface area contributed by atoms with Gasteiger partial charge in [0, 0.05) is 42.8 Å². The number of methoxy groups -OCH3 is 2. The molecule has 4 aliphatic rings. The van der Waals surface area contributed by atoms with E-state index in [4.69, 9.17) is 25.9 Å². The zero-order chi connectivity index (χ0) is 41.5. The van der Waals surface area contributed by atoms with Crippen LogP contribution in [0.2, 0.25) is 0 Å². The summed E-state index contributed by atoms with van der Waals surface area (Å²) in [6.45, 7) is 9.62. The van der Waals surface area contributed by atoms with Gasteiger partial charge in [0.05, 0.1) is 32.5 Å². The number of allylic oxidation sites excluding steroid dienone is 4. The van der Waals surface area contributed by atoms with Gasteiger partial charge >= 0.3 is 0 Å². The number of ketones is 1. The first kappa shape index (κ1) is 43.7. The average molecular weight is 810 g/mol. The number of ether oxygens (including phenoxy) is 2. The minimum atomic E-state index is -1.15. The molecule has 1 saturated carbocycles. The van der Waals surface area contributed by atoms with Gasteiger partial charge in [0.2, 0.25) is 23.5 Å². The summed E-state index contributed by atoms with van der Waals surface area (Å²) in [6.07, 6.45) is 12.6. The van der Waals surface area contributed by atoms with E-state index in [-0.39, 0.29) is 49.6 Å². The quantitative estimate of drug-likeness (QED) is 0.189.